The highest BCUT2D eigenvalue weighted by Crippen LogP contribution is 2.39. The first kappa shape index (κ1) is 70.0. The summed E-state index contributed by atoms with van der Waals surface area (Å²) >= 11 is 3.69. The van der Waals surface area contributed by atoms with Crippen LogP contribution in [0.5, 0.6) is 0 Å². The van der Waals surface area contributed by atoms with Gasteiger partial charge in [0.1, 0.15) is 54.9 Å². The third-order valence-corrected chi connectivity index (χ3v) is 17.8. The number of amides is 1. The van der Waals surface area contributed by atoms with Crippen LogP contribution in [0.1, 0.15) is 132 Å². The van der Waals surface area contributed by atoms with Gasteiger partial charge in [-0.3, -0.25) is 33.6 Å². The first-order valence-corrected chi connectivity index (χ1v) is 31.5. The third-order valence-electron chi connectivity index (χ3n) is 16.5. The molecule has 0 spiro atoms. The predicted octanol–water partition coefficient (Wildman–Crippen LogP) is 7.69. The number of cyclic esters (lactones) is 1. The van der Waals surface area contributed by atoms with E-state index in [2.05, 4.69) is 0 Å². The topological polar surface area (TPSA) is 254 Å². The van der Waals surface area contributed by atoms with Crippen LogP contribution in [0, 0.1) is 40.9 Å². The molecular weight excluding hydrogens is 1280 g/mol. The number of hydrogen-bond acceptors (Lipinski definition) is 18. The molecule has 4 rings (SSSR count). The number of rotatable bonds is 14. The molecule has 3 aliphatic heterocycles. The van der Waals surface area contributed by atoms with E-state index in [1.54, 1.807) is 40.9 Å². The Morgan fingerprint density at radius 1 is 0.827 bits per heavy atom. The number of halogens is 2. The number of piperidine rings is 1. The number of carbonyl (C=O) groups is 8. The molecule has 81 heavy (non-hydrogen) atoms. The van der Waals surface area contributed by atoms with Gasteiger partial charge in [0.25, 0.3) is 11.7 Å². The zero-order chi connectivity index (χ0) is 60.4. The van der Waals surface area contributed by atoms with E-state index < -0.39 is 119 Å². The molecule has 0 aromatic carbocycles. The van der Waals surface area contributed by atoms with Crippen molar-refractivity contribution in [1.29, 1.82) is 0 Å². The molecule has 0 aromatic rings. The normalized spacial score (nSPS) is 34.7. The van der Waals surface area contributed by atoms with E-state index in [1.165, 1.54) is 21.1 Å². The fraction of sp³-hybridized carbons (Fsp3) is 0.733. The zero-order valence-corrected chi connectivity index (χ0v) is 53.5. The molecule has 15 atom stereocenters. The molecular formula is C60H89I2NO18. The lowest BCUT2D eigenvalue weighted by atomic mass is 9.78. The van der Waals surface area contributed by atoms with E-state index >= 15 is 0 Å². The van der Waals surface area contributed by atoms with Crippen molar-refractivity contribution < 1.29 is 86.5 Å². The van der Waals surface area contributed by atoms with Crippen LogP contribution in [0.15, 0.2) is 47.6 Å². The summed E-state index contributed by atoms with van der Waals surface area (Å²) in [5, 5.41) is 23.6. The lowest BCUT2D eigenvalue weighted by Gasteiger charge is -2.42. The van der Waals surface area contributed by atoms with Crippen LogP contribution >= 0.6 is 45.2 Å². The van der Waals surface area contributed by atoms with E-state index in [4.69, 9.17) is 37.9 Å². The predicted molar refractivity (Wildman–Crippen MR) is 317 cm³/mol. The standard InChI is InChI=1S/C60H89I2NO18/c1-35-17-13-12-14-18-36(2)47(74-9)29-43-22-20-41(7)60(73,81-43)55(69)56(70)63-24-16-15-19-44(63)57(71)79-48(30-45(64)37(3)26-40(6)53(68)54(76-11)52(67)39(5)25-35)38(4)27-42-21-23-46(49(28-42)75-10)80-58(72)59(8,33-77-50(65)31-61)34-78-51(66)32-62/h12-14,17-18,26,35,37-39,41-44,46-49,53-54,68,73H,15-16,19-25,27-34H2,1-11H3/b14-12+,17-13-,36-18+,40-26+/t35-,37-,38-,39-,41-,42+,43+,44+,46-,47+,48+,49-,53-,54+,60-/m1/s1. The monoisotopic (exact) mass is 1370 g/mol. The average molecular weight is 1370 g/mol. The molecule has 0 aromatic heterocycles. The van der Waals surface area contributed by atoms with Gasteiger partial charge in [-0.2, -0.15) is 0 Å². The van der Waals surface area contributed by atoms with Gasteiger partial charge in [-0.05, 0) is 114 Å². The molecule has 3 fully saturated rings. The van der Waals surface area contributed by atoms with Crippen molar-refractivity contribution in [1.82, 2.24) is 4.90 Å². The molecule has 2 bridgehead atoms. The van der Waals surface area contributed by atoms with Crippen molar-refractivity contribution >= 4 is 92.3 Å². The maximum atomic E-state index is 14.7. The van der Waals surface area contributed by atoms with Gasteiger partial charge >= 0.3 is 23.9 Å². The second kappa shape index (κ2) is 33.3. The highest BCUT2D eigenvalue weighted by Gasteiger charge is 2.53. The number of aliphatic hydroxyl groups is 2. The second-order valence-electron chi connectivity index (χ2n) is 23.1. The SMILES string of the molecule is CO[C@H]1C[C@@H]2CC[C@@H](C)[C@@](O)(O2)C(=O)C(=O)N2CCCC[C@H]2C(=O)O[C@H]([C@H](C)C[C@@H]2CC[C@@H](OC(=O)C(C)(COC(=O)CI)COC(=O)CI)[C@H](OC)C2)CC(=O)[C@H](C)/C=C(\C)[C@@H](O)[C@@H](OC)C(=O)[C@H](C)C[C@H](C)\C=C/C=C/C=C/1C. The number of ketones is 3. The number of Topliss-reactive ketones (excluding diaryl/α,β-unsaturated/α-hetero) is 3. The number of fused-ring (bicyclic) bond motifs is 3. The van der Waals surface area contributed by atoms with Crippen LogP contribution in [0.3, 0.4) is 0 Å². The minimum absolute atomic E-state index is 0.0197. The van der Waals surface area contributed by atoms with E-state index in [-0.39, 0.29) is 71.3 Å². The van der Waals surface area contributed by atoms with Crippen molar-refractivity contribution in [2.75, 3.05) is 49.9 Å². The first-order valence-electron chi connectivity index (χ1n) is 28.4. The summed E-state index contributed by atoms with van der Waals surface area (Å²) in [6, 6.07) is -1.23. The first-order chi connectivity index (χ1) is 38.3. The zero-order valence-electron chi connectivity index (χ0n) is 49.2. The fourth-order valence-corrected chi connectivity index (χ4v) is 11.7. The number of aliphatic hydroxyl groups excluding tert-OH is 1. The second-order valence-corrected chi connectivity index (χ2v) is 24.6. The van der Waals surface area contributed by atoms with E-state index in [1.807, 2.05) is 96.3 Å². The Balaban J connectivity index is 1.68. The molecule has 1 saturated carbocycles. The van der Waals surface area contributed by atoms with E-state index in [0.717, 1.165) is 10.5 Å². The van der Waals surface area contributed by atoms with Crippen LogP contribution in [-0.2, 0) is 76.3 Å². The number of allylic oxidation sites excluding steroid dienone is 6. The number of carbonyl (C=O) groups excluding carboxylic acids is 8. The minimum atomic E-state index is -2.49. The fourth-order valence-electron chi connectivity index (χ4n) is 11.2. The van der Waals surface area contributed by atoms with Gasteiger partial charge in [-0.25, -0.2) is 4.79 Å². The number of nitrogens with zero attached hydrogens (tertiary/aromatic N) is 1. The Kier molecular flexibility index (Phi) is 28.8. The summed E-state index contributed by atoms with van der Waals surface area (Å²) in [6.07, 6.45) is 9.19. The lowest BCUT2D eigenvalue weighted by molar-refractivity contribution is -0.265. The van der Waals surface area contributed by atoms with Crippen LogP contribution < -0.4 is 0 Å². The third kappa shape index (κ3) is 19.8. The molecule has 3 heterocycles. The van der Waals surface area contributed by atoms with Gasteiger partial charge in [0.2, 0.25) is 5.79 Å². The van der Waals surface area contributed by atoms with Crippen LogP contribution in [-0.4, -0.2) is 167 Å². The Morgan fingerprint density at radius 2 is 1.49 bits per heavy atom. The van der Waals surface area contributed by atoms with Crippen molar-refractivity contribution in [2.24, 2.45) is 40.9 Å². The minimum Gasteiger partial charge on any atom is -0.464 e. The van der Waals surface area contributed by atoms with Crippen LogP contribution in [0.4, 0.5) is 0 Å². The maximum Gasteiger partial charge on any atom is 0.329 e. The Hall–Kier alpha value is -3.46. The molecule has 0 unspecified atom stereocenters. The molecule has 4 aliphatic rings. The summed E-state index contributed by atoms with van der Waals surface area (Å²) in [5.74, 6) is -10.7. The molecule has 0 radical (unpaired) electrons. The Bertz CT molecular complexity index is 2280. The molecule has 1 aliphatic carbocycles. The number of methoxy groups -OCH3 is 3. The molecule has 1 amide bonds. The Labute approximate surface area is 506 Å². The smallest absolute Gasteiger partial charge is 0.329 e. The van der Waals surface area contributed by atoms with Gasteiger partial charge in [0.05, 0.1) is 27.2 Å². The van der Waals surface area contributed by atoms with Gasteiger partial charge in [-0.1, -0.05) is 116 Å². The van der Waals surface area contributed by atoms with Crippen molar-refractivity contribution in [2.45, 2.75) is 187 Å². The number of ether oxygens (including phenoxy) is 8. The molecule has 21 heteroatoms. The number of esters is 4. The number of hydrogen-bond donors (Lipinski definition) is 2. The molecule has 2 N–H and O–H groups in total. The Morgan fingerprint density at radius 3 is 2.11 bits per heavy atom. The van der Waals surface area contributed by atoms with Crippen LogP contribution in [0.2, 0.25) is 0 Å². The maximum absolute atomic E-state index is 14.7. The molecule has 456 valence electrons. The van der Waals surface area contributed by atoms with Gasteiger partial charge < -0.3 is 53.0 Å². The largest absolute Gasteiger partial charge is 0.464 e. The highest BCUT2D eigenvalue weighted by molar-refractivity contribution is 14.1. The molecule has 2 saturated heterocycles. The van der Waals surface area contributed by atoms with Crippen molar-refractivity contribution in [3.05, 3.63) is 47.6 Å². The van der Waals surface area contributed by atoms with Crippen molar-refractivity contribution in [3.63, 3.8) is 0 Å². The van der Waals surface area contributed by atoms with E-state index in [0.29, 0.717) is 63.4 Å². The molecule has 19 nitrogen and oxygen atoms in total. The summed E-state index contributed by atoms with van der Waals surface area (Å²) in [7, 11) is 4.41. The summed E-state index contributed by atoms with van der Waals surface area (Å²) in [4.78, 5) is 111. The highest BCUT2D eigenvalue weighted by atomic mass is 127. The van der Waals surface area contributed by atoms with Gasteiger partial charge in [0, 0.05) is 58.5 Å². The lowest BCUT2D eigenvalue weighted by Crippen LogP contribution is -2.61. The van der Waals surface area contributed by atoms with Crippen LogP contribution in [0.25, 0.3) is 0 Å². The van der Waals surface area contributed by atoms with Gasteiger partial charge in [0.15, 0.2) is 5.78 Å². The van der Waals surface area contributed by atoms with Crippen molar-refractivity contribution in [3.8, 4) is 0 Å². The van der Waals surface area contributed by atoms with E-state index in [9.17, 15) is 48.6 Å². The summed E-state index contributed by atoms with van der Waals surface area (Å²) in [6.45, 7) is 13.2. The average Bonchev–Trinajstić information content (AvgIpc) is 3.46. The quantitative estimate of drug-likeness (QED) is 0.0422. The number of alkyl halides is 2. The van der Waals surface area contributed by atoms with Gasteiger partial charge in [-0.15, -0.1) is 0 Å². The summed E-state index contributed by atoms with van der Waals surface area (Å²) < 4.78 is 46.7. The summed E-state index contributed by atoms with van der Waals surface area (Å²) in [5.41, 5.74) is -0.324.